The fourth-order valence-corrected chi connectivity index (χ4v) is 3.78. The number of alkyl halides is 3. The number of hydrogen-bond acceptors (Lipinski definition) is 1. The van der Waals surface area contributed by atoms with Crippen molar-refractivity contribution in [1.82, 2.24) is 5.32 Å². The Hall–Kier alpha value is -0.250. The number of unbranched alkanes of at least 4 members (excludes halogenated alkanes) is 1. The molecule has 0 aromatic rings. The van der Waals surface area contributed by atoms with Crippen LogP contribution in [0.2, 0.25) is 0 Å². The molecule has 4 unspecified atom stereocenters. The summed E-state index contributed by atoms with van der Waals surface area (Å²) in [4.78, 5) is 0. The van der Waals surface area contributed by atoms with E-state index in [1.54, 1.807) is 0 Å². The van der Waals surface area contributed by atoms with Crippen LogP contribution in [0.15, 0.2) is 0 Å². The molecule has 4 heteroatoms. The molecule has 0 aromatic carbocycles. The van der Waals surface area contributed by atoms with Crippen LogP contribution in [-0.2, 0) is 0 Å². The molecule has 1 saturated carbocycles. The molecule has 0 aromatic heterocycles. The van der Waals surface area contributed by atoms with Crippen LogP contribution >= 0.6 is 0 Å². The Morgan fingerprint density at radius 1 is 1.19 bits per heavy atom. The molecule has 1 nitrogen and oxygen atoms in total. The summed E-state index contributed by atoms with van der Waals surface area (Å²) in [6.07, 6.45) is 4.09. The van der Waals surface area contributed by atoms with E-state index in [4.69, 9.17) is 0 Å². The van der Waals surface area contributed by atoms with Gasteiger partial charge in [0.2, 0.25) is 0 Å². The van der Waals surface area contributed by atoms with E-state index in [9.17, 15) is 13.2 Å². The summed E-state index contributed by atoms with van der Waals surface area (Å²) in [6, 6.07) is 0.247. The lowest BCUT2D eigenvalue weighted by Crippen LogP contribution is -2.40. The minimum atomic E-state index is -4.01. The van der Waals surface area contributed by atoms with Crippen LogP contribution in [0.1, 0.15) is 71.6 Å². The van der Waals surface area contributed by atoms with Gasteiger partial charge in [-0.05, 0) is 44.6 Å². The van der Waals surface area contributed by atoms with Gasteiger partial charge in [0.05, 0.1) is 5.92 Å². The molecule has 1 fully saturated rings. The fraction of sp³-hybridized carbons (Fsp3) is 1.00. The van der Waals surface area contributed by atoms with Crippen LogP contribution in [0.5, 0.6) is 0 Å². The molecule has 0 spiro atoms. The molecule has 21 heavy (non-hydrogen) atoms. The number of nitrogens with one attached hydrogen (secondary N) is 1. The first kappa shape index (κ1) is 18.8. The third-order valence-corrected chi connectivity index (χ3v) is 5.25. The molecule has 0 amide bonds. The molecule has 0 saturated heterocycles. The summed E-state index contributed by atoms with van der Waals surface area (Å²) >= 11 is 0. The standard InChI is InChI=1S/C17H32F3N/c1-4-6-8-13(5-2)11-16(21-3)14-9-7-10-15(12-14)17(18,19)20/h13-16,21H,4-12H2,1-3H3. The van der Waals surface area contributed by atoms with E-state index >= 15 is 0 Å². The second-order valence-corrected chi connectivity index (χ2v) is 6.71. The molecule has 0 aliphatic heterocycles. The molecule has 0 bridgehead atoms. The largest absolute Gasteiger partial charge is 0.391 e. The van der Waals surface area contributed by atoms with Crippen LogP contribution in [0, 0.1) is 17.8 Å². The van der Waals surface area contributed by atoms with Crippen LogP contribution < -0.4 is 5.32 Å². The SMILES string of the molecule is CCCCC(CC)CC(NC)C1CCCC(C(F)(F)F)C1. The summed E-state index contributed by atoms with van der Waals surface area (Å²) < 4.78 is 38.9. The number of hydrogen-bond donors (Lipinski definition) is 1. The van der Waals surface area contributed by atoms with Crippen molar-refractivity contribution in [3.63, 3.8) is 0 Å². The lowest BCUT2D eigenvalue weighted by Gasteiger charge is -2.36. The highest BCUT2D eigenvalue weighted by Crippen LogP contribution is 2.41. The smallest absolute Gasteiger partial charge is 0.317 e. The van der Waals surface area contributed by atoms with Gasteiger partial charge in [-0.1, -0.05) is 46.0 Å². The van der Waals surface area contributed by atoms with E-state index in [2.05, 4.69) is 19.2 Å². The van der Waals surface area contributed by atoms with Crippen molar-refractivity contribution in [1.29, 1.82) is 0 Å². The Bertz CT molecular complexity index is 278. The zero-order valence-electron chi connectivity index (χ0n) is 13.8. The summed E-state index contributed by atoms with van der Waals surface area (Å²) in [5.74, 6) is -0.248. The van der Waals surface area contributed by atoms with Gasteiger partial charge >= 0.3 is 6.18 Å². The van der Waals surface area contributed by atoms with Gasteiger partial charge in [0.1, 0.15) is 0 Å². The Balaban J connectivity index is 2.57. The van der Waals surface area contributed by atoms with Crippen LogP contribution in [0.25, 0.3) is 0 Å². The summed E-state index contributed by atoms with van der Waals surface area (Å²) in [5.41, 5.74) is 0. The summed E-state index contributed by atoms with van der Waals surface area (Å²) in [7, 11) is 1.91. The molecule has 1 aliphatic carbocycles. The lowest BCUT2D eigenvalue weighted by atomic mass is 9.75. The van der Waals surface area contributed by atoms with E-state index in [0.717, 1.165) is 25.7 Å². The average molecular weight is 307 g/mol. The van der Waals surface area contributed by atoms with Crippen LogP contribution in [0.4, 0.5) is 13.2 Å². The number of halogens is 3. The molecule has 126 valence electrons. The van der Waals surface area contributed by atoms with Gasteiger partial charge in [0.15, 0.2) is 0 Å². The van der Waals surface area contributed by atoms with Crippen molar-refractivity contribution in [2.75, 3.05) is 7.05 Å². The zero-order valence-corrected chi connectivity index (χ0v) is 13.8. The van der Waals surface area contributed by atoms with Crippen molar-refractivity contribution in [2.24, 2.45) is 17.8 Å². The topological polar surface area (TPSA) is 12.0 Å². The Kier molecular flexibility index (Phi) is 8.07. The fourth-order valence-electron chi connectivity index (χ4n) is 3.78. The van der Waals surface area contributed by atoms with Crippen molar-refractivity contribution < 1.29 is 13.2 Å². The highest BCUT2D eigenvalue weighted by molar-refractivity contribution is 4.85. The monoisotopic (exact) mass is 307 g/mol. The first-order valence-electron chi connectivity index (χ1n) is 8.66. The van der Waals surface area contributed by atoms with Gasteiger partial charge in [0, 0.05) is 6.04 Å². The Labute approximate surface area is 128 Å². The van der Waals surface area contributed by atoms with Crippen LogP contribution in [-0.4, -0.2) is 19.3 Å². The van der Waals surface area contributed by atoms with E-state index < -0.39 is 12.1 Å². The molecule has 0 heterocycles. The Morgan fingerprint density at radius 3 is 2.43 bits per heavy atom. The minimum Gasteiger partial charge on any atom is -0.317 e. The van der Waals surface area contributed by atoms with Crippen molar-refractivity contribution >= 4 is 0 Å². The van der Waals surface area contributed by atoms with E-state index in [1.807, 2.05) is 7.05 Å². The molecule has 1 rings (SSSR count). The van der Waals surface area contributed by atoms with Crippen LogP contribution in [0.3, 0.4) is 0 Å². The van der Waals surface area contributed by atoms with E-state index in [0.29, 0.717) is 18.8 Å². The molecular formula is C17H32F3N. The molecule has 0 radical (unpaired) electrons. The summed E-state index contributed by atoms with van der Waals surface area (Å²) in [5, 5.41) is 3.32. The molecular weight excluding hydrogens is 275 g/mol. The lowest BCUT2D eigenvalue weighted by molar-refractivity contribution is -0.186. The molecule has 1 N–H and O–H groups in total. The van der Waals surface area contributed by atoms with Gasteiger partial charge in [-0.15, -0.1) is 0 Å². The maximum absolute atomic E-state index is 13.0. The molecule has 1 aliphatic rings. The van der Waals surface area contributed by atoms with Gasteiger partial charge < -0.3 is 5.32 Å². The van der Waals surface area contributed by atoms with Crippen molar-refractivity contribution in [3.05, 3.63) is 0 Å². The van der Waals surface area contributed by atoms with Gasteiger partial charge in [-0.2, -0.15) is 13.2 Å². The highest BCUT2D eigenvalue weighted by Gasteiger charge is 2.43. The Morgan fingerprint density at radius 2 is 1.90 bits per heavy atom. The average Bonchev–Trinajstić information content (AvgIpc) is 2.47. The maximum Gasteiger partial charge on any atom is 0.391 e. The van der Waals surface area contributed by atoms with E-state index in [1.165, 1.54) is 19.3 Å². The third-order valence-electron chi connectivity index (χ3n) is 5.25. The van der Waals surface area contributed by atoms with Crippen molar-refractivity contribution in [3.8, 4) is 0 Å². The minimum absolute atomic E-state index is 0.186. The van der Waals surface area contributed by atoms with Gasteiger partial charge in [-0.3, -0.25) is 0 Å². The van der Waals surface area contributed by atoms with Gasteiger partial charge in [0.25, 0.3) is 0 Å². The highest BCUT2D eigenvalue weighted by atomic mass is 19.4. The normalized spacial score (nSPS) is 26.6. The second kappa shape index (κ2) is 9.02. The predicted molar refractivity (Wildman–Crippen MR) is 82.3 cm³/mol. The number of rotatable bonds is 8. The second-order valence-electron chi connectivity index (χ2n) is 6.71. The van der Waals surface area contributed by atoms with Gasteiger partial charge in [-0.25, -0.2) is 0 Å². The van der Waals surface area contributed by atoms with E-state index in [-0.39, 0.29) is 12.0 Å². The summed E-state index contributed by atoms with van der Waals surface area (Å²) in [6.45, 7) is 4.39. The third kappa shape index (κ3) is 6.17. The maximum atomic E-state index is 13.0. The first-order valence-corrected chi connectivity index (χ1v) is 8.66. The quantitative estimate of drug-likeness (QED) is 0.620. The van der Waals surface area contributed by atoms with Crippen molar-refractivity contribution in [2.45, 2.75) is 83.9 Å². The molecule has 4 atom stereocenters. The first-order chi connectivity index (χ1) is 9.92. The zero-order chi connectivity index (χ0) is 15.9. The predicted octanol–water partition coefficient (Wildman–Crippen LogP) is 5.55.